The van der Waals surface area contributed by atoms with E-state index >= 15 is 0 Å². The van der Waals surface area contributed by atoms with Gasteiger partial charge in [0.05, 0.1) is 5.56 Å². The molecular weight excluding hydrogens is 279 g/mol. The van der Waals surface area contributed by atoms with Crippen LogP contribution >= 0.6 is 0 Å². The minimum absolute atomic E-state index is 0.133. The van der Waals surface area contributed by atoms with Crippen molar-refractivity contribution in [1.82, 2.24) is 10.2 Å². The van der Waals surface area contributed by atoms with Gasteiger partial charge in [0.25, 0.3) is 5.91 Å². The minimum Gasteiger partial charge on any atom is -0.339 e. The lowest BCUT2D eigenvalue weighted by atomic mass is 9.88. The fraction of sp³-hybridized carbons (Fsp3) is 0.611. The predicted octanol–water partition coefficient (Wildman–Crippen LogP) is 3.23. The first-order chi connectivity index (χ1) is 10.7. The number of amides is 1. The average molecular weight is 304 g/mol. The monoisotopic (exact) mass is 304 g/mol. The molecule has 2 saturated heterocycles. The van der Waals surface area contributed by atoms with E-state index in [2.05, 4.69) is 5.32 Å². The number of benzene rings is 1. The van der Waals surface area contributed by atoms with E-state index in [4.69, 9.17) is 0 Å². The van der Waals surface area contributed by atoms with Crippen LogP contribution in [-0.2, 0) is 0 Å². The van der Waals surface area contributed by atoms with Crippen LogP contribution in [-0.4, -0.2) is 37.0 Å². The van der Waals surface area contributed by atoms with Gasteiger partial charge in [-0.05, 0) is 75.2 Å². The Morgan fingerprint density at radius 1 is 1.18 bits per heavy atom. The third-order valence-corrected chi connectivity index (χ3v) is 4.98. The first-order valence-corrected chi connectivity index (χ1v) is 8.47. The fourth-order valence-electron chi connectivity index (χ4n) is 3.69. The molecule has 2 aliphatic rings. The number of likely N-dealkylation sites (tertiary alicyclic amines) is 1. The number of nitrogens with zero attached hydrogens (tertiary/aromatic N) is 1. The Morgan fingerprint density at radius 3 is 2.50 bits per heavy atom. The van der Waals surface area contributed by atoms with Crippen molar-refractivity contribution in [2.24, 2.45) is 0 Å². The van der Waals surface area contributed by atoms with Gasteiger partial charge in [0.2, 0.25) is 0 Å². The quantitative estimate of drug-likeness (QED) is 0.910. The van der Waals surface area contributed by atoms with Crippen molar-refractivity contribution in [3.8, 4) is 0 Å². The second-order valence-corrected chi connectivity index (χ2v) is 6.57. The molecule has 4 heteroatoms. The van der Waals surface area contributed by atoms with Crippen molar-refractivity contribution in [2.75, 3.05) is 26.2 Å². The van der Waals surface area contributed by atoms with Crippen LogP contribution in [0.15, 0.2) is 12.1 Å². The summed E-state index contributed by atoms with van der Waals surface area (Å²) in [5, 5.41) is 3.33. The molecule has 0 aromatic heterocycles. The number of rotatable bonds is 2. The molecule has 0 radical (unpaired) electrons. The molecule has 3 nitrogen and oxygen atoms in total. The van der Waals surface area contributed by atoms with Crippen molar-refractivity contribution in [3.63, 3.8) is 0 Å². The Kier molecular flexibility index (Phi) is 4.77. The van der Waals surface area contributed by atoms with E-state index in [0.717, 1.165) is 63.0 Å². The molecule has 1 N–H and O–H groups in total. The van der Waals surface area contributed by atoms with Gasteiger partial charge in [-0.1, -0.05) is 6.07 Å². The molecule has 2 fully saturated rings. The Hall–Kier alpha value is -1.42. The number of nitrogens with one attached hydrogen (secondary N) is 1. The largest absolute Gasteiger partial charge is 0.339 e. The maximum absolute atomic E-state index is 14.6. The Bertz CT molecular complexity index is 523. The highest BCUT2D eigenvalue weighted by atomic mass is 19.1. The zero-order valence-electron chi connectivity index (χ0n) is 13.3. The van der Waals surface area contributed by atoms with Crippen LogP contribution in [0.5, 0.6) is 0 Å². The van der Waals surface area contributed by atoms with Gasteiger partial charge in [0, 0.05) is 13.1 Å². The van der Waals surface area contributed by atoms with Crippen LogP contribution < -0.4 is 5.32 Å². The summed E-state index contributed by atoms with van der Waals surface area (Å²) in [7, 11) is 0. The van der Waals surface area contributed by atoms with E-state index < -0.39 is 0 Å². The molecule has 3 rings (SSSR count). The number of piperidine rings is 2. The summed E-state index contributed by atoms with van der Waals surface area (Å²) in [6, 6.07) is 3.62. The molecule has 22 heavy (non-hydrogen) atoms. The molecule has 1 amide bonds. The van der Waals surface area contributed by atoms with Gasteiger partial charge < -0.3 is 10.2 Å². The molecule has 120 valence electrons. The summed E-state index contributed by atoms with van der Waals surface area (Å²) in [4.78, 5) is 14.4. The minimum atomic E-state index is -0.343. The Morgan fingerprint density at radius 2 is 1.86 bits per heavy atom. The second kappa shape index (κ2) is 6.78. The van der Waals surface area contributed by atoms with E-state index in [1.807, 2.05) is 13.0 Å². The highest BCUT2D eigenvalue weighted by Gasteiger charge is 2.25. The second-order valence-electron chi connectivity index (χ2n) is 6.57. The molecule has 0 atom stereocenters. The van der Waals surface area contributed by atoms with Crippen molar-refractivity contribution < 1.29 is 9.18 Å². The molecular formula is C18H25FN2O. The molecule has 0 spiro atoms. The molecule has 1 aromatic rings. The number of halogens is 1. The lowest BCUT2D eigenvalue weighted by Crippen LogP contribution is -2.36. The fourth-order valence-corrected chi connectivity index (χ4v) is 3.69. The van der Waals surface area contributed by atoms with Crippen LogP contribution in [0, 0.1) is 12.7 Å². The molecule has 0 aliphatic carbocycles. The molecule has 0 saturated carbocycles. The summed E-state index contributed by atoms with van der Waals surface area (Å²) in [6.45, 7) is 5.35. The number of hydrogen-bond donors (Lipinski definition) is 1. The van der Waals surface area contributed by atoms with Gasteiger partial charge in [0.1, 0.15) is 5.82 Å². The van der Waals surface area contributed by atoms with Crippen LogP contribution in [0.25, 0.3) is 0 Å². The third kappa shape index (κ3) is 3.17. The normalized spacial score (nSPS) is 20.2. The van der Waals surface area contributed by atoms with E-state index in [9.17, 15) is 9.18 Å². The number of hydrogen-bond acceptors (Lipinski definition) is 2. The number of carbonyl (C=O) groups is 1. The highest BCUT2D eigenvalue weighted by Crippen LogP contribution is 2.29. The van der Waals surface area contributed by atoms with Crippen molar-refractivity contribution in [1.29, 1.82) is 0 Å². The van der Waals surface area contributed by atoms with E-state index in [0.29, 0.717) is 5.92 Å². The molecule has 2 heterocycles. The lowest BCUT2D eigenvalue weighted by Gasteiger charge is -2.28. The highest BCUT2D eigenvalue weighted by molar-refractivity contribution is 5.96. The van der Waals surface area contributed by atoms with Crippen LogP contribution in [0.1, 0.15) is 59.5 Å². The summed E-state index contributed by atoms with van der Waals surface area (Å²) in [5.74, 6) is -0.0655. The first-order valence-electron chi connectivity index (χ1n) is 8.47. The van der Waals surface area contributed by atoms with Gasteiger partial charge in [-0.15, -0.1) is 0 Å². The zero-order chi connectivity index (χ0) is 15.5. The van der Waals surface area contributed by atoms with Crippen molar-refractivity contribution in [3.05, 3.63) is 34.6 Å². The summed E-state index contributed by atoms with van der Waals surface area (Å²) < 4.78 is 14.6. The number of carbonyl (C=O) groups excluding carboxylic acids is 1. The van der Waals surface area contributed by atoms with Crippen LogP contribution in [0.3, 0.4) is 0 Å². The van der Waals surface area contributed by atoms with Gasteiger partial charge in [-0.25, -0.2) is 4.39 Å². The third-order valence-electron chi connectivity index (χ3n) is 4.98. The molecule has 0 unspecified atom stereocenters. The van der Waals surface area contributed by atoms with E-state index in [1.165, 1.54) is 6.42 Å². The smallest absolute Gasteiger partial charge is 0.257 e. The van der Waals surface area contributed by atoms with Gasteiger partial charge >= 0.3 is 0 Å². The maximum Gasteiger partial charge on any atom is 0.257 e. The van der Waals surface area contributed by atoms with Crippen LogP contribution in [0.2, 0.25) is 0 Å². The van der Waals surface area contributed by atoms with Crippen molar-refractivity contribution >= 4 is 5.91 Å². The predicted molar refractivity (Wildman–Crippen MR) is 85.7 cm³/mol. The zero-order valence-corrected chi connectivity index (χ0v) is 13.3. The number of aryl methyl sites for hydroxylation is 1. The average Bonchev–Trinajstić information content (AvgIpc) is 2.55. The van der Waals surface area contributed by atoms with Gasteiger partial charge in [-0.3, -0.25) is 4.79 Å². The van der Waals surface area contributed by atoms with Gasteiger partial charge in [0.15, 0.2) is 0 Å². The van der Waals surface area contributed by atoms with Crippen LogP contribution in [0.4, 0.5) is 4.39 Å². The lowest BCUT2D eigenvalue weighted by molar-refractivity contribution is 0.0718. The van der Waals surface area contributed by atoms with Gasteiger partial charge in [-0.2, -0.15) is 0 Å². The first kappa shape index (κ1) is 15.5. The summed E-state index contributed by atoms with van der Waals surface area (Å²) in [6.07, 6.45) is 5.30. The summed E-state index contributed by atoms with van der Waals surface area (Å²) >= 11 is 0. The van der Waals surface area contributed by atoms with E-state index in [1.54, 1.807) is 11.0 Å². The SMILES string of the molecule is Cc1cc(C2CCNCC2)cc(F)c1C(=O)N1CCCCC1. The Balaban J connectivity index is 1.84. The summed E-state index contributed by atoms with van der Waals surface area (Å²) in [5.41, 5.74) is 2.11. The Labute approximate surface area is 131 Å². The molecule has 2 aliphatic heterocycles. The van der Waals surface area contributed by atoms with E-state index in [-0.39, 0.29) is 17.3 Å². The molecule has 0 bridgehead atoms. The topological polar surface area (TPSA) is 32.3 Å². The molecule has 1 aromatic carbocycles. The maximum atomic E-state index is 14.6. The standard InChI is InChI=1S/C18H25FN2O/c1-13-11-15(14-5-7-20-8-6-14)12-16(19)17(13)18(22)21-9-3-2-4-10-21/h11-12,14,20H,2-10H2,1H3. The van der Waals surface area contributed by atoms with Crippen molar-refractivity contribution in [2.45, 2.75) is 44.9 Å².